The van der Waals surface area contributed by atoms with Crippen LogP contribution in [0.1, 0.15) is 21.5 Å². The number of hydrogen-bond acceptors (Lipinski definition) is 3. The number of amides is 2. The Balaban J connectivity index is 1.57. The van der Waals surface area contributed by atoms with Crippen LogP contribution in [-0.4, -0.2) is 52.3 Å². The topological polar surface area (TPSA) is 77.9 Å². The lowest BCUT2D eigenvalue weighted by Gasteiger charge is -2.34. The van der Waals surface area contributed by atoms with Crippen molar-refractivity contribution in [2.24, 2.45) is 0 Å². The fraction of sp³-hybridized carbons (Fsp3) is 0.250. The van der Waals surface area contributed by atoms with E-state index in [9.17, 15) is 14.4 Å². The smallest absolute Gasteiger partial charge is 0.335 e. The van der Waals surface area contributed by atoms with Crippen LogP contribution in [0, 0.1) is 0 Å². The van der Waals surface area contributed by atoms with Gasteiger partial charge in [0.1, 0.15) is 0 Å². The van der Waals surface area contributed by atoms with E-state index in [0.717, 1.165) is 5.56 Å². The van der Waals surface area contributed by atoms with Gasteiger partial charge in [-0.2, -0.15) is 0 Å². The summed E-state index contributed by atoms with van der Waals surface area (Å²) in [6.45, 7) is 1.43. The van der Waals surface area contributed by atoms with Gasteiger partial charge in [-0.1, -0.05) is 35.9 Å². The number of carboxylic acids is 1. The van der Waals surface area contributed by atoms with E-state index in [2.05, 4.69) is 0 Å². The fourth-order valence-electron chi connectivity index (χ4n) is 3.00. The molecule has 2 aromatic carbocycles. The molecule has 2 aromatic rings. The van der Waals surface area contributed by atoms with Crippen LogP contribution in [0.25, 0.3) is 0 Å². The van der Waals surface area contributed by atoms with E-state index in [-0.39, 0.29) is 30.3 Å². The highest BCUT2D eigenvalue weighted by Crippen LogP contribution is 2.15. The Morgan fingerprint density at radius 3 is 2.44 bits per heavy atom. The molecule has 1 saturated heterocycles. The van der Waals surface area contributed by atoms with Gasteiger partial charge in [0.05, 0.1) is 18.5 Å². The number of piperazine rings is 1. The number of carbonyl (C=O) groups excluding carboxylic acids is 2. The molecule has 1 aliphatic rings. The SMILES string of the molecule is O=C(O)c1cccc(CC(=O)N2CCN(Cc3ccc(Cl)cc3)C(=O)C2)c1. The third-order valence-electron chi connectivity index (χ3n) is 4.49. The van der Waals surface area contributed by atoms with Crippen molar-refractivity contribution >= 4 is 29.4 Å². The molecule has 6 nitrogen and oxygen atoms in total. The standard InChI is InChI=1S/C20H19ClN2O4/c21-17-6-4-14(5-7-17)12-22-8-9-23(13-19(22)25)18(24)11-15-2-1-3-16(10-15)20(26)27/h1-7,10H,8-9,11-13H2,(H,26,27). The third kappa shape index (κ3) is 4.86. The highest BCUT2D eigenvalue weighted by Gasteiger charge is 2.27. The second kappa shape index (κ2) is 8.22. The summed E-state index contributed by atoms with van der Waals surface area (Å²) in [4.78, 5) is 39.2. The molecule has 0 unspecified atom stereocenters. The first-order valence-electron chi connectivity index (χ1n) is 8.54. The van der Waals surface area contributed by atoms with Gasteiger partial charge >= 0.3 is 5.97 Å². The molecule has 1 fully saturated rings. The van der Waals surface area contributed by atoms with Gasteiger partial charge < -0.3 is 14.9 Å². The van der Waals surface area contributed by atoms with E-state index in [1.807, 2.05) is 12.1 Å². The van der Waals surface area contributed by atoms with Crippen LogP contribution in [0.4, 0.5) is 0 Å². The van der Waals surface area contributed by atoms with Crippen LogP contribution < -0.4 is 0 Å². The number of nitrogens with zero attached hydrogens (tertiary/aromatic N) is 2. The molecular formula is C20H19ClN2O4. The second-order valence-electron chi connectivity index (χ2n) is 6.44. The van der Waals surface area contributed by atoms with Gasteiger partial charge in [0.25, 0.3) is 0 Å². The summed E-state index contributed by atoms with van der Waals surface area (Å²) in [5.74, 6) is -1.32. The van der Waals surface area contributed by atoms with Crippen LogP contribution >= 0.6 is 11.6 Å². The predicted molar refractivity (Wildman–Crippen MR) is 101 cm³/mol. The summed E-state index contributed by atoms with van der Waals surface area (Å²) in [5.41, 5.74) is 1.75. The lowest BCUT2D eigenvalue weighted by Crippen LogP contribution is -2.52. The molecule has 0 spiro atoms. The largest absolute Gasteiger partial charge is 0.478 e. The quantitative estimate of drug-likeness (QED) is 0.856. The molecule has 0 bridgehead atoms. The average molecular weight is 387 g/mol. The molecule has 2 amide bonds. The molecule has 1 N–H and O–H groups in total. The lowest BCUT2D eigenvalue weighted by molar-refractivity contribution is -0.145. The summed E-state index contributed by atoms with van der Waals surface area (Å²) in [6.07, 6.45) is 0.0750. The first-order chi connectivity index (χ1) is 12.9. The molecule has 27 heavy (non-hydrogen) atoms. The van der Waals surface area contributed by atoms with Crippen LogP contribution in [0.2, 0.25) is 5.02 Å². The number of benzene rings is 2. The molecule has 0 aliphatic carbocycles. The zero-order valence-corrected chi connectivity index (χ0v) is 15.4. The molecule has 0 atom stereocenters. The van der Waals surface area contributed by atoms with Crippen LogP contribution in [0.5, 0.6) is 0 Å². The predicted octanol–water partition coefficient (Wildman–Crippen LogP) is 2.45. The number of carbonyl (C=O) groups is 3. The summed E-state index contributed by atoms with van der Waals surface area (Å²) < 4.78 is 0. The summed E-state index contributed by atoms with van der Waals surface area (Å²) in [7, 11) is 0. The number of aromatic carboxylic acids is 1. The van der Waals surface area contributed by atoms with Gasteiger partial charge in [-0.3, -0.25) is 9.59 Å². The van der Waals surface area contributed by atoms with Crippen molar-refractivity contribution < 1.29 is 19.5 Å². The minimum Gasteiger partial charge on any atom is -0.478 e. The van der Waals surface area contributed by atoms with Crippen molar-refractivity contribution in [3.63, 3.8) is 0 Å². The molecule has 1 aliphatic heterocycles. The Morgan fingerprint density at radius 1 is 1.04 bits per heavy atom. The third-order valence-corrected chi connectivity index (χ3v) is 4.74. The van der Waals surface area contributed by atoms with Crippen molar-refractivity contribution in [3.8, 4) is 0 Å². The van der Waals surface area contributed by atoms with Gasteiger partial charge in [-0.25, -0.2) is 4.79 Å². The first-order valence-corrected chi connectivity index (χ1v) is 8.92. The molecular weight excluding hydrogens is 368 g/mol. The number of carboxylic acid groups (broad SMARTS) is 1. The Hall–Kier alpha value is -2.86. The van der Waals surface area contributed by atoms with Crippen LogP contribution in [0.3, 0.4) is 0 Å². The highest BCUT2D eigenvalue weighted by molar-refractivity contribution is 6.30. The van der Waals surface area contributed by atoms with Gasteiger partial charge in [-0.05, 0) is 35.4 Å². The van der Waals surface area contributed by atoms with Gasteiger partial charge in [0.15, 0.2) is 0 Å². The minimum absolute atomic E-state index is 0.0328. The summed E-state index contributed by atoms with van der Waals surface area (Å²) in [5, 5.41) is 9.69. The normalized spacial score (nSPS) is 14.3. The molecule has 0 saturated carbocycles. The fourth-order valence-corrected chi connectivity index (χ4v) is 3.13. The highest BCUT2D eigenvalue weighted by atomic mass is 35.5. The maximum atomic E-state index is 12.5. The first kappa shape index (κ1) is 18.9. The monoisotopic (exact) mass is 386 g/mol. The van der Waals surface area contributed by atoms with E-state index in [0.29, 0.717) is 30.2 Å². The zero-order valence-electron chi connectivity index (χ0n) is 14.6. The lowest BCUT2D eigenvalue weighted by atomic mass is 10.1. The molecule has 1 heterocycles. The van der Waals surface area contributed by atoms with E-state index in [1.165, 1.54) is 17.0 Å². The van der Waals surface area contributed by atoms with E-state index in [1.54, 1.807) is 29.2 Å². The number of rotatable bonds is 5. The van der Waals surface area contributed by atoms with E-state index >= 15 is 0 Å². The minimum atomic E-state index is -1.03. The Kier molecular flexibility index (Phi) is 5.76. The summed E-state index contributed by atoms with van der Waals surface area (Å²) in [6, 6.07) is 13.6. The van der Waals surface area contributed by atoms with Crippen molar-refractivity contribution in [2.45, 2.75) is 13.0 Å². The second-order valence-corrected chi connectivity index (χ2v) is 6.88. The average Bonchev–Trinajstić information content (AvgIpc) is 2.65. The molecule has 0 radical (unpaired) electrons. The van der Waals surface area contributed by atoms with Crippen molar-refractivity contribution in [3.05, 3.63) is 70.2 Å². The van der Waals surface area contributed by atoms with Crippen molar-refractivity contribution in [2.75, 3.05) is 19.6 Å². The van der Waals surface area contributed by atoms with Crippen LogP contribution in [-0.2, 0) is 22.6 Å². The Morgan fingerprint density at radius 2 is 1.78 bits per heavy atom. The Bertz CT molecular complexity index is 867. The maximum Gasteiger partial charge on any atom is 0.335 e. The van der Waals surface area contributed by atoms with E-state index < -0.39 is 5.97 Å². The van der Waals surface area contributed by atoms with Crippen LogP contribution in [0.15, 0.2) is 48.5 Å². The molecule has 3 rings (SSSR count). The van der Waals surface area contributed by atoms with Crippen molar-refractivity contribution in [1.29, 1.82) is 0 Å². The molecule has 0 aromatic heterocycles. The summed E-state index contributed by atoms with van der Waals surface area (Å²) >= 11 is 5.87. The molecule has 7 heteroatoms. The zero-order chi connectivity index (χ0) is 19.4. The maximum absolute atomic E-state index is 12.5. The molecule has 140 valence electrons. The van der Waals surface area contributed by atoms with Gasteiger partial charge in [-0.15, -0.1) is 0 Å². The van der Waals surface area contributed by atoms with Crippen molar-refractivity contribution in [1.82, 2.24) is 9.80 Å². The van der Waals surface area contributed by atoms with Gasteiger partial charge in [0, 0.05) is 24.7 Å². The Labute approximate surface area is 162 Å². The number of hydrogen-bond donors (Lipinski definition) is 1. The number of halogens is 1. The van der Waals surface area contributed by atoms with Gasteiger partial charge in [0.2, 0.25) is 11.8 Å². The van der Waals surface area contributed by atoms with E-state index in [4.69, 9.17) is 16.7 Å².